The Balaban J connectivity index is 2.38. The van der Waals surface area contributed by atoms with E-state index in [-0.39, 0.29) is 0 Å². The van der Waals surface area contributed by atoms with Gasteiger partial charge in [0.05, 0.1) is 0 Å². The molecule has 0 saturated heterocycles. The van der Waals surface area contributed by atoms with Gasteiger partial charge in [0.25, 0.3) is 0 Å². The summed E-state index contributed by atoms with van der Waals surface area (Å²) in [6.07, 6.45) is 5.20. The predicted molar refractivity (Wildman–Crippen MR) is 81.4 cm³/mol. The first-order valence-corrected chi connectivity index (χ1v) is 6.82. The summed E-state index contributed by atoms with van der Waals surface area (Å²) >= 11 is 1.76. The smallest absolute Gasteiger partial charge is 0.0376 e. The lowest BCUT2D eigenvalue weighted by atomic mass is 10.1. The molecule has 1 aliphatic carbocycles. The Morgan fingerprint density at radius 2 is 1.89 bits per heavy atom. The fourth-order valence-corrected chi connectivity index (χ4v) is 3.59. The van der Waals surface area contributed by atoms with Crippen molar-refractivity contribution in [3.8, 4) is 0 Å². The average Bonchev–Trinajstić information content (AvgIpc) is 2.51. The van der Waals surface area contributed by atoms with Gasteiger partial charge in [-0.2, -0.15) is 0 Å². The van der Waals surface area contributed by atoms with Gasteiger partial charge in [0.2, 0.25) is 0 Å². The van der Waals surface area contributed by atoms with Crippen molar-refractivity contribution in [3.63, 3.8) is 0 Å². The maximum Gasteiger partial charge on any atom is 0.0376 e. The molecule has 1 aromatic carbocycles. The van der Waals surface area contributed by atoms with Crippen LogP contribution >= 0.6 is 11.3 Å². The predicted octanol–water partition coefficient (Wildman–Crippen LogP) is 3.90. The number of rotatable bonds is 0. The Kier molecular flexibility index (Phi) is 2.45. The van der Waals surface area contributed by atoms with Crippen LogP contribution in [0.5, 0.6) is 0 Å². The molecular weight excluding hydrogens is 240 g/mol. The van der Waals surface area contributed by atoms with Crippen LogP contribution in [-0.2, 0) is 0 Å². The SMILES string of the molecule is CC1=Cc2c(sc3cc(N)c(C)cc23)C=C(N)C1. The van der Waals surface area contributed by atoms with Crippen LogP contribution in [0.15, 0.2) is 23.4 Å². The van der Waals surface area contributed by atoms with Gasteiger partial charge in [-0.05, 0) is 37.6 Å². The summed E-state index contributed by atoms with van der Waals surface area (Å²) < 4.78 is 1.23. The van der Waals surface area contributed by atoms with E-state index in [1.807, 2.05) is 0 Å². The molecule has 0 amide bonds. The molecule has 0 fully saturated rings. The monoisotopic (exact) mass is 256 g/mol. The molecule has 1 heterocycles. The zero-order valence-corrected chi connectivity index (χ0v) is 11.4. The third-order valence-corrected chi connectivity index (χ3v) is 4.45. The van der Waals surface area contributed by atoms with Crippen LogP contribution in [0.4, 0.5) is 5.69 Å². The minimum atomic E-state index is 0.858. The van der Waals surface area contributed by atoms with Gasteiger partial charge in [-0.25, -0.2) is 0 Å². The second-order valence-electron chi connectivity index (χ2n) is 4.97. The van der Waals surface area contributed by atoms with Crippen molar-refractivity contribution in [2.24, 2.45) is 5.73 Å². The van der Waals surface area contributed by atoms with Crippen LogP contribution in [0.2, 0.25) is 0 Å². The molecule has 4 N–H and O–H groups in total. The number of hydrogen-bond donors (Lipinski definition) is 2. The third kappa shape index (κ3) is 1.71. The van der Waals surface area contributed by atoms with Crippen molar-refractivity contribution in [3.05, 3.63) is 39.4 Å². The van der Waals surface area contributed by atoms with E-state index in [1.165, 1.54) is 26.1 Å². The molecule has 0 radical (unpaired) electrons. The first-order chi connectivity index (χ1) is 8.54. The molecule has 0 atom stereocenters. The Morgan fingerprint density at radius 1 is 1.11 bits per heavy atom. The van der Waals surface area contributed by atoms with Crippen molar-refractivity contribution in [1.29, 1.82) is 0 Å². The minimum Gasteiger partial charge on any atom is -0.402 e. The van der Waals surface area contributed by atoms with Crippen molar-refractivity contribution < 1.29 is 0 Å². The van der Waals surface area contributed by atoms with Crippen molar-refractivity contribution in [1.82, 2.24) is 0 Å². The normalized spacial score (nSPS) is 15.0. The Bertz CT molecular complexity index is 705. The summed E-state index contributed by atoms with van der Waals surface area (Å²) in [5, 5.41) is 1.28. The molecule has 18 heavy (non-hydrogen) atoms. The number of aryl methyl sites for hydroxylation is 1. The van der Waals surface area contributed by atoms with E-state index >= 15 is 0 Å². The summed E-state index contributed by atoms with van der Waals surface area (Å²) in [7, 11) is 0. The van der Waals surface area contributed by atoms with E-state index in [0.29, 0.717) is 0 Å². The first-order valence-electron chi connectivity index (χ1n) is 6.00. The summed E-state index contributed by atoms with van der Waals surface area (Å²) in [5.41, 5.74) is 17.5. The lowest BCUT2D eigenvalue weighted by Gasteiger charge is -2.01. The quantitative estimate of drug-likeness (QED) is 0.702. The van der Waals surface area contributed by atoms with E-state index in [2.05, 4.69) is 38.1 Å². The lowest BCUT2D eigenvalue weighted by Crippen LogP contribution is -1.95. The van der Waals surface area contributed by atoms with Crippen LogP contribution in [-0.4, -0.2) is 0 Å². The molecule has 0 saturated carbocycles. The van der Waals surface area contributed by atoms with Crippen molar-refractivity contribution >= 4 is 39.3 Å². The van der Waals surface area contributed by atoms with E-state index in [1.54, 1.807) is 11.3 Å². The van der Waals surface area contributed by atoms with E-state index in [0.717, 1.165) is 23.4 Å². The molecule has 3 rings (SSSR count). The molecule has 2 aromatic rings. The number of hydrogen-bond acceptors (Lipinski definition) is 3. The van der Waals surface area contributed by atoms with Crippen LogP contribution in [0, 0.1) is 6.92 Å². The fraction of sp³-hybridized carbons (Fsp3) is 0.200. The summed E-state index contributed by atoms with van der Waals surface area (Å²) in [4.78, 5) is 1.24. The molecule has 0 aliphatic heterocycles. The highest BCUT2D eigenvalue weighted by molar-refractivity contribution is 7.20. The van der Waals surface area contributed by atoms with E-state index in [9.17, 15) is 0 Å². The van der Waals surface area contributed by atoms with Gasteiger partial charge >= 0.3 is 0 Å². The van der Waals surface area contributed by atoms with Gasteiger partial charge in [-0.1, -0.05) is 11.6 Å². The first kappa shape index (κ1) is 11.4. The Labute approximate surface area is 111 Å². The number of thiophene rings is 1. The maximum atomic E-state index is 6.02. The van der Waals surface area contributed by atoms with Crippen LogP contribution < -0.4 is 11.5 Å². The highest BCUT2D eigenvalue weighted by Crippen LogP contribution is 2.38. The second-order valence-corrected chi connectivity index (χ2v) is 6.06. The summed E-state index contributed by atoms with van der Waals surface area (Å²) in [6.45, 7) is 4.18. The lowest BCUT2D eigenvalue weighted by molar-refractivity contribution is 1.11. The molecule has 0 bridgehead atoms. The molecule has 3 heteroatoms. The largest absolute Gasteiger partial charge is 0.402 e. The number of nitrogens with two attached hydrogens (primary N) is 2. The highest BCUT2D eigenvalue weighted by atomic mass is 32.1. The Hall–Kier alpha value is -1.74. The standard InChI is InChI=1S/C15H16N2S/c1-8-3-10(16)6-14-11(4-8)12-5-9(2)13(17)7-15(12)18-14/h4-7H,3,16-17H2,1-2H3. The molecule has 2 nitrogen and oxygen atoms in total. The van der Waals surface area contributed by atoms with Crippen LogP contribution in [0.3, 0.4) is 0 Å². The summed E-state index contributed by atoms with van der Waals surface area (Å²) in [6, 6.07) is 4.25. The second kappa shape index (κ2) is 3.89. The van der Waals surface area contributed by atoms with Gasteiger partial charge in [0.15, 0.2) is 0 Å². The number of anilines is 1. The number of nitrogen functional groups attached to an aromatic ring is 1. The molecule has 0 unspecified atom stereocenters. The Morgan fingerprint density at radius 3 is 2.67 bits per heavy atom. The van der Waals surface area contributed by atoms with Crippen molar-refractivity contribution in [2.75, 3.05) is 5.73 Å². The van der Waals surface area contributed by atoms with E-state index in [4.69, 9.17) is 11.5 Å². The van der Waals surface area contributed by atoms with Crippen molar-refractivity contribution in [2.45, 2.75) is 20.3 Å². The molecule has 92 valence electrons. The zero-order valence-electron chi connectivity index (χ0n) is 10.6. The third-order valence-electron chi connectivity index (χ3n) is 3.33. The highest BCUT2D eigenvalue weighted by Gasteiger charge is 2.13. The fourth-order valence-electron chi connectivity index (χ4n) is 2.40. The van der Waals surface area contributed by atoms with Crippen LogP contribution in [0.25, 0.3) is 22.2 Å². The maximum absolute atomic E-state index is 6.02. The zero-order chi connectivity index (χ0) is 12.9. The van der Waals surface area contributed by atoms with Gasteiger partial charge in [-0.15, -0.1) is 11.3 Å². The summed E-state index contributed by atoms with van der Waals surface area (Å²) in [5.74, 6) is 0. The van der Waals surface area contributed by atoms with E-state index < -0.39 is 0 Å². The van der Waals surface area contributed by atoms with Gasteiger partial charge in [-0.3, -0.25) is 0 Å². The van der Waals surface area contributed by atoms with Crippen LogP contribution in [0.1, 0.15) is 29.3 Å². The number of fused-ring (bicyclic) bond motifs is 3. The topological polar surface area (TPSA) is 52.0 Å². The average molecular weight is 256 g/mol. The number of benzene rings is 1. The van der Waals surface area contributed by atoms with Gasteiger partial charge in [0, 0.05) is 38.3 Å². The van der Waals surface area contributed by atoms with Gasteiger partial charge in [0.1, 0.15) is 0 Å². The molecule has 1 aromatic heterocycles. The minimum absolute atomic E-state index is 0.858. The molecule has 1 aliphatic rings. The van der Waals surface area contributed by atoms with Gasteiger partial charge < -0.3 is 11.5 Å². The number of allylic oxidation sites excluding steroid dienone is 1. The molecule has 0 spiro atoms. The molecular formula is C15H16N2S.